The normalized spacial score (nSPS) is 11.3. The Morgan fingerprint density at radius 1 is 1.33 bits per heavy atom. The lowest BCUT2D eigenvalue weighted by atomic mass is 10.3. The van der Waals surface area contributed by atoms with Gasteiger partial charge in [-0.2, -0.15) is 11.8 Å². The fourth-order valence-corrected chi connectivity index (χ4v) is 2.68. The van der Waals surface area contributed by atoms with Crippen molar-refractivity contribution in [2.24, 2.45) is 0 Å². The van der Waals surface area contributed by atoms with Crippen LogP contribution in [0.2, 0.25) is 0 Å². The molecule has 0 aliphatic rings. The van der Waals surface area contributed by atoms with Crippen LogP contribution in [0.15, 0.2) is 29.1 Å². The van der Waals surface area contributed by atoms with Crippen LogP contribution in [0.25, 0.3) is 11.0 Å². The average molecular weight is 262 g/mol. The Labute approximate surface area is 111 Å². The van der Waals surface area contributed by atoms with Crippen molar-refractivity contribution in [3.05, 3.63) is 40.3 Å². The Morgan fingerprint density at radius 2 is 2.06 bits per heavy atom. The van der Waals surface area contributed by atoms with Crippen molar-refractivity contribution in [1.29, 1.82) is 0 Å². The van der Waals surface area contributed by atoms with Gasteiger partial charge in [0.1, 0.15) is 5.69 Å². The number of nitrogens with zero attached hydrogens (tertiary/aromatic N) is 2. The van der Waals surface area contributed by atoms with Crippen molar-refractivity contribution < 1.29 is 0 Å². The topological polar surface area (TPSA) is 34.9 Å². The van der Waals surface area contributed by atoms with Crippen molar-refractivity contribution in [3.63, 3.8) is 0 Å². The Kier molecular flexibility index (Phi) is 4.07. The van der Waals surface area contributed by atoms with Gasteiger partial charge in [-0.1, -0.05) is 26.0 Å². The molecule has 4 heteroatoms. The second kappa shape index (κ2) is 5.57. The molecule has 0 fully saturated rings. The van der Waals surface area contributed by atoms with E-state index in [0.717, 1.165) is 23.3 Å². The van der Waals surface area contributed by atoms with Crippen LogP contribution in [-0.4, -0.2) is 20.6 Å². The molecule has 0 radical (unpaired) electrons. The third-order valence-corrected chi connectivity index (χ3v) is 3.87. The zero-order chi connectivity index (χ0) is 13.1. The van der Waals surface area contributed by atoms with Crippen molar-refractivity contribution in [2.45, 2.75) is 32.6 Å². The molecule has 0 aliphatic carbocycles. The number of thioether (sulfide) groups is 1. The molecule has 2 aromatic rings. The minimum absolute atomic E-state index is 0.0260. The summed E-state index contributed by atoms with van der Waals surface area (Å²) in [5, 5.41) is 0.593. The molecule has 0 aliphatic heterocycles. The van der Waals surface area contributed by atoms with E-state index in [1.165, 1.54) is 0 Å². The summed E-state index contributed by atoms with van der Waals surface area (Å²) in [7, 11) is 0. The van der Waals surface area contributed by atoms with Crippen molar-refractivity contribution in [1.82, 2.24) is 9.55 Å². The van der Waals surface area contributed by atoms with E-state index in [9.17, 15) is 4.79 Å². The first-order chi connectivity index (χ1) is 8.59. The third-order valence-electron chi connectivity index (χ3n) is 2.78. The minimum Gasteiger partial charge on any atom is -0.304 e. The molecule has 96 valence electrons. The third kappa shape index (κ3) is 2.75. The van der Waals surface area contributed by atoms with Crippen LogP contribution < -0.4 is 5.56 Å². The van der Waals surface area contributed by atoms with E-state index < -0.39 is 0 Å². The molecular formula is C14H18N2OS. The van der Waals surface area contributed by atoms with E-state index in [1.54, 1.807) is 6.92 Å². The van der Waals surface area contributed by atoms with Crippen molar-refractivity contribution >= 4 is 22.8 Å². The maximum absolute atomic E-state index is 12.1. The predicted octanol–water partition coefficient (Wildman–Crippen LogP) is 2.85. The van der Waals surface area contributed by atoms with Crippen LogP contribution in [0.3, 0.4) is 0 Å². The van der Waals surface area contributed by atoms with Gasteiger partial charge in [-0.3, -0.25) is 4.79 Å². The number of fused-ring (bicyclic) bond motifs is 1. The summed E-state index contributed by atoms with van der Waals surface area (Å²) in [6.45, 7) is 6.86. The summed E-state index contributed by atoms with van der Waals surface area (Å²) in [5.41, 5.74) is 2.42. The number of hydrogen-bond donors (Lipinski definition) is 0. The van der Waals surface area contributed by atoms with E-state index in [-0.39, 0.29) is 5.56 Å². The van der Waals surface area contributed by atoms with E-state index in [0.29, 0.717) is 10.9 Å². The van der Waals surface area contributed by atoms with Gasteiger partial charge in [0.25, 0.3) is 5.56 Å². The summed E-state index contributed by atoms with van der Waals surface area (Å²) in [4.78, 5) is 16.5. The summed E-state index contributed by atoms with van der Waals surface area (Å²) in [6, 6.07) is 7.81. The maximum Gasteiger partial charge on any atom is 0.272 e. The number of para-hydroxylation sites is 2. The molecule has 0 amide bonds. The maximum atomic E-state index is 12.1. The lowest BCUT2D eigenvalue weighted by Gasteiger charge is -2.11. The SMILES string of the molecule is Cc1nc2ccccc2n(CCSC(C)C)c1=O. The quantitative estimate of drug-likeness (QED) is 0.850. The fraction of sp³-hybridized carbons (Fsp3) is 0.429. The van der Waals surface area contributed by atoms with Crippen molar-refractivity contribution in [2.75, 3.05) is 5.75 Å². The lowest BCUT2D eigenvalue weighted by molar-refractivity contribution is 0.751. The number of aromatic nitrogens is 2. The van der Waals surface area contributed by atoms with Gasteiger partial charge in [-0.15, -0.1) is 0 Å². The highest BCUT2D eigenvalue weighted by molar-refractivity contribution is 7.99. The van der Waals surface area contributed by atoms with Gasteiger partial charge in [0, 0.05) is 12.3 Å². The van der Waals surface area contributed by atoms with Crippen LogP contribution in [0, 0.1) is 6.92 Å². The summed E-state index contributed by atoms with van der Waals surface area (Å²) in [5.74, 6) is 0.949. The number of benzene rings is 1. The second-order valence-corrected chi connectivity index (χ2v) is 6.25. The van der Waals surface area contributed by atoms with Gasteiger partial charge in [-0.25, -0.2) is 4.98 Å². The molecule has 1 heterocycles. The average Bonchev–Trinajstić information content (AvgIpc) is 2.33. The molecular weight excluding hydrogens is 244 g/mol. The first-order valence-electron chi connectivity index (χ1n) is 6.17. The molecule has 0 spiro atoms. The van der Waals surface area contributed by atoms with Crippen LogP contribution >= 0.6 is 11.8 Å². The van der Waals surface area contributed by atoms with Gasteiger partial charge in [0.2, 0.25) is 0 Å². The van der Waals surface area contributed by atoms with Crippen LogP contribution in [0.1, 0.15) is 19.5 Å². The zero-order valence-electron chi connectivity index (χ0n) is 11.0. The molecule has 0 atom stereocenters. The number of rotatable bonds is 4. The minimum atomic E-state index is 0.0260. The van der Waals surface area contributed by atoms with Crippen LogP contribution in [-0.2, 0) is 6.54 Å². The molecule has 2 rings (SSSR count). The molecule has 0 N–H and O–H groups in total. The van der Waals surface area contributed by atoms with Gasteiger partial charge in [0.05, 0.1) is 11.0 Å². The van der Waals surface area contributed by atoms with E-state index in [4.69, 9.17) is 0 Å². The summed E-state index contributed by atoms with van der Waals surface area (Å²) < 4.78 is 1.84. The summed E-state index contributed by atoms with van der Waals surface area (Å²) >= 11 is 1.87. The van der Waals surface area contributed by atoms with E-state index in [1.807, 2.05) is 40.6 Å². The number of aryl methyl sites for hydroxylation is 2. The fourth-order valence-electron chi connectivity index (χ4n) is 1.92. The standard InChI is InChI=1S/C14H18N2OS/c1-10(2)18-9-8-16-13-7-5-4-6-12(13)15-11(3)14(16)17/h4-7,10H,8-9H2,1-3H3. The molecule has 0 saturated heterocycles. The highest BCUT2D eigenvalue weighted by Gasteiger charge is 2.07. The molecule has 0 bridgehead atoms. The predicted molar refractivity (Wildman–Crippen MR) is 78.3 cm³/mol. The molecule has 3 nitrogen and oxygen atoms in total. The highest BCUT2D eigenvalue weighted by atomic mass is 32.2. The lowest BCUT2D eigenvalue weighted by Crippen LogP contribution is -2.25. The van der Waals surface area contributed by atoms with Gasteiger partial charge >= 0.3 is 0 Å². The highest BCUT2D eigenvalue weighted by Crippen LogP contribution is 2.13. The Balaban J connectivity index is 2.41. The molecule has 18 heavy (non-hydrogen) atoms. The molecule has 1 aromatic carbocycles. The monoisotopic (exact) mass is 262 g/mol. The van der Waals surface area contributed by atoms with Crippen LogP contribution in [0.4, 0.5) is 0 Å². The van der Waals surface area contributed by atoms with E-state index >= 15 is 0 Å². The largest absolute Gasteiger partial charge is 0.304 e. The Morgan fingerprint density at radius 3 is 2.78 bits per heavy atom. The first kappa shape index (κ1) is 13.1. The molecule has 0 saturated carbocycles. The van der Waals surface area contributed by atoms with Gasteiger partial charge in [-0.05, 0) is 24.3 Å². The van der Waals surface area contributed by atoms with Crippen LogP contribution in [0.5, 0.6) is 0 Å². The zero-order valence-corrected chi connectivity index (χ0v) is 11.8. The smallest absolute Gasteiger partial charge is 0.272 e. The molecule has 0 unspecified atom stereocenters. The number of hydrogen-bond acceptors (Lipinski definition) is 3. The second-order valence-electron chi connectivity index (χ2n) is 4.56. The van der Waals surface area contributed by atoms with Gasteiger partial charge in [0.15, 0.2) is 0 Å². The summed E-state index contributed by atoms with van der Waals surface area (Å²) in [6.07, 6.45) is 0. The molecule has 1 aromatic heterocycles. The van der Waals surface area contributed by atoms with Crippen molar-refractivity contribution in [3.8, 4) is 0 Å². The Bertz CT molecular complexity index is 604. The van der Waals surface area contributed by atoms with Gasteiger partial charge < -0.3 is 4.57 Å². The first-order valence-corrected chi connectivity index (χ1v) is 7.22. The van der Waals surface area contributed by atoms with E-state index in [2.05, 4.69) is 18.8 Å². The Hall–Kier alpha value is -1.29.